The van der Waals surface area contributed by atoms with Crippen molar-refractivity contribution in [1.82, 2.24) is 0 Å². The summed E-state index contributed by atoms with van der Waals surface area (Å²) in [6, 6.07) is 17.8. The van der Waals surface area contributed by atoms with Crippen LogP contribution in [0.25, 0.3) is 10.8 Å². The highest BCUT2D eigenvalue weighted by Gasteiger charge is 2.15. The molecule has 0 amide bonds. The maximum Gasteiger partial charge on any atom is 0.154 e. The first kappa shape index (κ1) is 15.6. The van der Waals surface area contributed by atoms with E-state index in [-0.39, 0.29) is 0 Å². The van der Waals surface area contributed by atoms with Crippen LogP contribution in [0.3, 0.4) is 0 Å². The van der Waals surface area contributed by atoms with Gasteiger partial charge in [-0.15, -0.1) is 0 Å². The minimum Gasteiger partial charge on any atom is -0.495 e. The molecule has 118 valence electrons. The summed E-state index contributed by atoms with van der Waals surface area (Å²) in [4.78, 5) is 0.671. The van der Waals surface area contributed by atoms with Crippen LogP contribution in [0.5, 0.6) is 5.75 Å². The second-order valence-corrected chi connectivity index (χ2v) is 6.72. The van der Waals surface area contributed by atoms with Crippen molar-refractivity contribution in [3.63, 3.8) is 0 Å². The van der Waals surface area contributed by atoms with Crippen LogP contribution in [0.4, 0.5) is 5.69 Å². The van der Waals surface area contributed by atoms with E-state index in [9.17, 15) is 4.21 Å². The van der Waals surface area contributed by atoms with E-state index in [0.717, 1.165) is 27.6 Å². The number of rotatable bonds is 4. The van der Waals surface area contributed by atoms with Gasteiger partial charge in [-0.25, -0.2) is 4.21 Å². The molecule has 1 atom stereocenters. The Balaban J connectivity index is 2.06. The zero-order valence-corrected chi connectivity index (χ0v) is 14.2. The summed E-state index contributed by atoms with van der Waals surface area (Å²) in [7, 11) is 0.187. The molecular formula is C19H19NO2S. The van der Waals surface area contributed by atoms with Gasteiger partial charge in [-0.2, -0.15) is 0 Å². The number of ether oxygens (including phenoxy) is 1. The van der Waals surface area contributed by atoms with E-state index in [1.54, 1.807) is 7.11 Å². The largest absolute Gasteiger partial charge is 0.495 e. The molecule has 0 aliphatic heterocycles. The summed E-state index contributed by atoms with van der Waals surface area (Å²) < 4.78 is 21.5. The third kappa shape index (κ3) is 3.22. The minimum atomic E-state index is -1.41. The van der Waals surface area contributed by atoms with E-state index < -0.39 is 11.0 Å². The molecule has 0 heterocycles. The van der Waals surface area contributed by atoms with Crippen LogP contribution < -0.4 is 9.46 Å². The summed E-state index contributed by atoms with van der Waals surface area (Å²) in [6.07, 6.45) is 0. The molecule has 0 radical (unpaired) electrons. The van der Waals surface area contributed by atoms with Gasteiger partial charge in [0.15, 0.2) is 11.0 Å². The van der Waals surface area contributed by atoms with Gasteiger partial charge in [-0.1, -0.05) is 36.4 Å². The van der Waals surface area contributed by atoms with E-state index in [4.69, 9.17) is 4.74 Å². The molecule has 0 unspecified atom stereocenters. The number of aryl methyl sites for hydroxylation is 2. The fraction of sp³-hybridized carbons (Fsp3) is 0.158. The molecule has 0 fully saturated rings. The molecule has 23 heavy (non-hydrogen) atoms. The maximum atomic E-state index is 13.0. The van der Waals surface area contributed by atoms with Crippen LogP contribution in [0.2, 0.25) is 0 Å². The van der Waals surface area contributed by atoms with E-state index in [2.05, 4.69) is 10.8 Å². The second-order valence-electron chi connectivity index (χ2n) is 5.57. The molecular weight excluding hydrogens is 306 g/mol. The van der Waals surface area contributed by atoms with Crippen molar-refractivity contribution in [2.24, 2.45) is 0 Å². The lowest BCUT2D eigenvalue weighted by atomic mass is 10.1. The normalized spacial score (nSPS) is 12.1. The van der Waals surface area contributed by atoms with Gasteiger partial charge in [0.05, 0.1) is 7.11 Å². The van der Waals surface area contributed by atoms with Crippen LogP contribution in [0.15, 0.2) is 59.5 Å². The number of nitrogens with one attached hydrogen (secondary N) is 1. The predicted molar refractivity (Wildman–Crippen MR) is 96.4 cm³/mol. The molecule has 1 N–H and O–H groups in total. The molecule has 0 saturated heterocycles. The molecule has 3 aromatic carbocycles. The first-order chi connectivity index (χ1) is 11.1. The van der Waals surface area contributed by atoms with Gasteiger partial charge in [0.1, 0.15) is 10.6 Å². The van der Waals surface area contributed by atoms with Gasteiger partial charge >= 0.3 is 0 Å². The molecule has 0 aliphatic carbocycles. The van der Waals surface area contributed by atoms with Crippen LogP contribution in [0.1, 0.15) is 11.1 Å². The fourth-order valence-corrected chi connectivity index (χ4v) is 3.92. The third-order valence-corrected chi connectivity index (χ3v) is 4.89. The number of hydrogen-bond acceptors (Lipinski definition) is 2. The van der Waals surface area contributed by atoms with Gasteiger partial charge in [0, 0.05) is 11.1 Å². The lowest BCUT2D eigenvalue weighted by Gasteiger charge is -2.13. The smallest absolute Gasteiger partial charge is 0.154 e. The Hall–Kier alpha value is -2.33. The lowest BCUT2D eigenvalue weighted by Crippen LogP contribution is -2.07. The van der Waals surface area contributed by atoms with Crippen LogP contribution in [-0.4, -0.2) is 11.3 Å². The van der Waals surface area contributed by atoms with Gasteiger partial charge in [0.25, 0.3) is 0 Å². The molecule has 0 spiro atoms. The molecule has 0 aromatic heterocycles. The van der Waals surface area contributed by atoms with Crippen molar-refractivity contribution in [3.8, 4) is 5.75 Å². The van der Waals surface area contributed by atoms with Crippen LogP contribution in [-0.2, 0) is 11.0 Å². The predicted octanol–water partition coefficient (Wildman–Crippen LogP) is 4.60. The summed E-state index contributed by atoms with van der Waals surface area (Å²) >= 11 is 0. The summed E-state index contributed by atoms with van der Waals surface area (Å²) in [5.41, 5.74) is 3.11. The Labute approximate surface area is 138 Å². The number of fused-ring (bicyclic) bond motifs is 1. The van der Waals surface area contributed by atoms with Crippen LogP contribution >= 0.6 is 0 Å². The zero-order chi connectivity index (χ0) is 16.4. The SMILES string of the molecule is COc1ccc2ccccc2c1[S@](=O)Nc1cc(C)cc(C)c1. The first-order valence-corrected chi connectivity index (χ1v) is 8.56. The van der Waals surface area contributed by atoms with E-state index in [1.165, 1.54) is 0 Å². The Morgan fingerprint density at radius 3 is 2.35 bits per heavy atom. The zero-order valence-electron chi connectivity index (χ0n) is 13.4. The summed E-state index contributed by atoms with van der Waals surface area (Å²) in [6.45, 7) is 4.05. The van der Waals surface area contributed by atoms with Crippen molar-refractivity contribution in [2.45, 2.75) is 18.7 Å². The molecule has 3 nitrogen and oxygen atoms in total. The average molecular weight is 325 g/mol. The van der Waals surface area contributed by atoms with E-state index in [0.29, 0.717) is 10.6 Å². The van der Waals surface area contributed by atoms with Crippen molar-refractivity contribution in [1.29, 1.82) is 0 Å². The number of hydrogen-bond donors (Lipinski definition) is 1. The highest BCUT2D eigenvalue weighted by molar-refractivity contribution is 7.86. The van der Waals surface area contributed by atoms with E-state index in [1.807, 2.05) is 62.4 Å². The Morgan fingerprint density at radius 1 is 0.957 bits per heavy atom. The standard InChI is InChI=1S/C19H19NO2S/c1-13-10-14(2)12-16(11-13)20-23(21)19-17-7-5-4-6-15(17)8-9-18(19)22-3/h4-12,20H,1-3H3/t23-/m0/s1. The average Bonchev–Trinajstić information content (AvgIpc) is 2.52. The van der Waals surface area contributed by atoms with Crippen molar-refractivity contribution in [3.05, 3.63) is 65.7 Å². The highest BCUT2D eigenvalue weighted by Crippen LogP contribution is 2.31. The molecule has 4 heteroatoms. The molecule has 0 aliphatic rings. The van der Waals surface area contributed by atoms with Gasteiger partial charge < -0.3 is 9.46 Å². The number of benzene rings is 3. The third-order valence-electron chi connectivity index (χ3n) is 3.68. The van der Waals surface area contributed by atoms with Gasteiger partial charge in [-0.3, -0.25) is 0 Å². The van der Waals surface area contributed by atoms with Gasteiger partial charge in [-0.05, 0) is 48.6 Å². The first-order valence-electron chi connectivity index (χ1n) is 7.41. The number of anilines is 1. The Morgan fingerprint density at radius 2 is 1.65 bits per heavy atom. The number of methoxy groups -OCH3 is 1. The maximum absolute atomic E-state index is 13.0. The van der Waals surface area contributed by atoms with Crippen molar-refractivity contribution >= 4 is 27.4 Å². The molecule has 3 rings (SSSR count). The van der Waals surface area contributed by atoms with Crippen LogP contribution in [0, 0.1) is 13.8 Å². The summed E-state index contributed by atoms with van der Waals surface area (Å²) in [5, 5.41) is 1.97. The molecule has 3 aromatic rings. The van der Waals surface area contributed by atoms with E-state index >= 15 is 0 Å². The van der Waals surface area contributed by atoms with Crippen molar-refractivity contribution in [2.75, 3.05) is 11.8 Å². The van der Waals surface area contributed by atoms with Gasteiger partial charge in [0.2, 0.25) is 0 Å². The van der Waals surface area contributed by atoms with Crippen molar-refractivity contribution < 1.29 is 8.95 Å². The second kappa shape index (κ2) is 6.42. The Bertz CT molecular complexity index is 869. The fourth-order valence-electron chi connectivity index (χ4n) is 2.77. The summed E-state index contributed by atoms with van der Waals surface area (Å²) in [5.74, 6) is 0.624. The molecule has 0 saturated carbocycles. The quantitative estimate of drug-likeness (QED) is 0.761. The monoisotopic (exact) mass is 325 g/mol. The topological polar surface area (TPSA) is 38.3 Å². The highest BCUT2D eigenvalue weighted by atomic mass is 32.2. The minimum absolute atomic E-state index is 0.624. The lowest BCUT2D eigenvalue weighted by molar-refractivity contribution is 0.405. The Kier molecular flexibility index (Phi) is 4.35. The molecule has 0 bridgehead atoms.